The van der Waals surface area contributed by atoms with E-state index in [1.807, 2.05) is 24.3 Å². The van der Waals surface area contributed by atoms with E-state index in [2.05, 4.69) is 11.9 Å². The molecule has 0 aliphatic heterocycles. The highest BCUT2D eigenvalue weighted by molar-refractivity contribution is 7.92. The van der Waals surface area contributed by atoms with Crippen molar-refractivity contribution in [3.05, 3.63) is 77.4 Å². The number of rotatable bonds is 11. The topological polar surface area (TPSA) is 128 Å². The molecule has 10 nitrogen and oxygen atoms in total. The van der Waals surface area contributed by atoms with Crippen molar-refractivity contribution in [3.63, 3.8) is 0 Å². The smallest absolute Gasteiger partial charge is 0.408 e. The van der Waals surface area contributed by atoms with Crippen molar-refractivity contribution in [2.24, 2.45) is 0 Å². The maximum atomic E-state index is 13.6. The predicted octanol–water partition coefficient (Wildman–Crippen LogP) is 5.34. The van der Waals surface area contributed by atoms with Crippen molar-refractivity contribution in [2.45, 2.75) is 84.7 Å². The monoisotopic (exact) mass is 616 g/mol. The van der Waals surface area contributed by atoms with Crippen LogP contribution in [0, 0.1) is 0 Å². The van der Waals surface area contributed by atoms with Gasteiger partial charge in [-0.25, -0.2) is 22.8 Å². The number of benzene rings is 2. The lowest BCUT2D eigenvalue weighted by atomic mass is 9.91. The van der Waals surface area contributed by atoms with Crippen LogP contribution in [-0.2, 0) is 48.5 Å². The number of anilines is 1. The van der Waals surface area contributed by atoms with Gasteiger partial charge in [0.15, 0.2) is 0 Å². The van der Waals surface area contributed by atoms with Crippen LogP contribution in [0.1, 0.15) is 75.5 Å². The third kappa shape index (κ3) is 11.4. The molecule has 11 heteroatoms. The molecule has 0 radical (unpaired) electrons. The minimum atomic E-state index is -3.67. The van der Waals surface area contributed by atoms with E-state index < -0.39 is 44.8 Å². The summed E-state index contributed by atoms with van der Waals surface area (Å²) in [4.78, 5) is 39.3. The maximum absolute atomic E-state index is 13.6. The molecule has 1 N–H and O–H groups in total. The number of hydrogen-bond donors (Lipinski definition) is 1. The summed E-state index contributed by atoms with van der Waals surface area (Å²) in [5, 5.41) is 2.67. The van der Waals surface area contributed by atoms with Crippen LogP contribution in [0.2, 0.25) is 0 Å². The minimum Gasteiger partial charge on any atom is -0.459 e. The molecule has 0 bridgehead atoms. The molecule has 236 valence electrons. The van der Waals surface area contributed by atoms with Crippen LogP contribution in [0.25, 0.3) is 0 Å². The van der Waals surface area contributed by atoms with Gasteiger partial charge in [0.2, 0.25) is 10.0 Å². The highest BCUT2D eigenvalue weighted by atomic mass is 32.2. The summed E-state index contributed by atoms with van der Waals surface area (Å²) < 4.78 is 42.1. The van der Waals surface area contributed by atoms with Gasteiger partial charge in [-0.3, -0.25) is 4.31 Å². The molecule has 0 unspecified atom stereocenters. The third-order valence-electron chi connectivity index (χ3n) is 6.00. The average Bonchev–Trinajstić information content (AvgIpc) is 2.84. The number of amides is 1. The van der Waals surface area contributed by atoms with Crippen molar-refractivity contribution < 1.29 is 37.0 Å². The fraction of sp³-hybridized carbons (Fsp3) is 0.469. The van der Waals surface area contributed by atoms with Gasteiger partial charge < -0.3 is 19.5 Å². The summed E-state index contributed by atoms with van der Waals surface area (Å²) in [5.41, 5.74) is -0.753. The molecule has 0 aliphatic rings. The number of esters is 2. The van der Waals surface area contributed by atoms with Gasteiger partial charge in [-0.1, -0.05) is 30.3 Å². The first-order chi connectivity index (χ1) is 19.6. The van der Waals surface area contributed by atoms with Gasteiger partial charge in [-0.2, -0.15) is 0 Å². The van der Waals surface area contributed by atoms with E-state index in [1.165, 1.54) is 25.2 Å². The van der Waals surface area contributed by atoms with Crippen molar-refractivity contribution in [1.82, 2.24) is 5.32 Å². The molecule has 43 heavy (non-hydrogen) atoms. The van der Waals surface area contributed by atoms with Crippen molar-refractivity contribution in [1.29, 1.82) is 0 Å². The van der Waals surface area contributed by atoms with Crippen molar-refractivity contribution in [3.8, 4) is 0 Å². The van der Waals surface area contributed by atoms with Gasteiger partial charge in [0.05, 0.1) is 17.5 Å². The van der Waals surface area contributed by atoms with Crippen LogP contribution in [0.3, 0.4) is 0 Å². The molecule has 0 heterocycles. The quantitative estimate of drug-likeness (QED) is 0.204. The first-order valence-corrected chi connectivity index (χ1v) is 15.6. The Bertz CT molecular complexity index is 1450. The largest absolute Gasteiger partial charge is 0.459 e. The Morgan fingerprint density at radius 2 is 1.51 bits per heavy atom. The number of nitrogens with zero attached hydrogens (tertiary/aromatic N) is 1. The van der Waals surface area contributed by atoms with Gasteiger partial charge >= 0.3 is 18.0 Å². The Hall–Kier alpha value is -3.86. The number of allylic oxidation sites excluding steroid dienone is 1. The molecule has 2 rings (SSSR count). The molecule has 0 fully saturated rings. The van der Waals surface area contributed by atoms with E-state index in [-0.39, 0.29) is 24.3 Å². The second-order valence-electron chi connectivity index (χ2n) is 12.6. The normalized spacial score (nSPS) is 13.3. The number of carbonyl (C=O) groups is 3. The molecule has 0 spiro atoms. The van der Waals surface area contributed by atoms with Crippen LogP contribution in [0.4, 0.5) is 10.5 Å². The molecule has 0 saturated heterocycles. The lowest BCUT2D eigenvalue weighted by Gasteiger charge is -2.30. The van der Waals surface area contributed by atoms with Crippen LogP contribution in [0.5, 0.6) is 0 Å². The SMILES string of the molecule is C=CCc1cccc(C[C@](C)(NC(=O)OC(C)(C)C)C(=O)OCc2cc(C(=O)OC(C)(C)C)cc(N(C)S(C)(=O)=O)c2)c1. The zero-order valence-corrected chi connectivity index (χ0v) is 27.4. The van der Waals surface area contributed by atoms with Gasteiger partial charge in [-0.05, 0) is 89.8 Å². The van der Waals surface area contributed by atoms with Crippen LogP contribution >= 0.6 is 0 Å². The molecule has 0 aliphatic carbocycles. The second kappa shape index (κ2) is 13.6. The summed E-state index contributed by atoms with van der Waals surface area (Å²) in [6.45, 7) is 15.3. The summed E-state index contributed by atoms with van der Waals surface area (Å²) in [5.74, 6) is -1.42. The number of alkyl carbamates (subject to hydrolysis) is 1. The molecule has 1 amide bonds. The van der Waals surface area contributed by atoms with E-state index >= 15 is 0 Å². The molecule has 1 atom stereocenters. The fourth-order valence-corrected chi connectivity index (χ4v) is 4.52. The Kier molecular flexibility index (Phi) is 11.2. The molecule has 0 aromatic heterocycles. The summed E-state index contributed by atoms with van der Waals surface area (Å²) >= 11 is 0. The highest BCUT2D eigenvalue weighted by Crippen LogP contribution is 2.25. The van der Waals surface area contributed by atoms with Crippen LogP contribution in [-0.4, -0.2) is 56.5 Å². The summed E-state index contributed by atoms with van der Waals surface area (Å²) in [6.07, 6.45) is 2.73. The molecule has 2 aromatic carbocycles. The lowest BCUT2D eigenvalue weighted by Crippen LogP contribution is -2.55. The van der Waals surface area contributed by atoms with E-state index in [9.17, 15) is 22.8 Å². The van der Waals surface area contributed by atoms with E-state index in [0.717, 1.165) is 21.7 Å². The molecule has 0 saturated carbocycles. The third-order valence-corrected chi connectivity index (χ3v) is 7.21. The lowest BCUT2D eigenvalue weighted by molar-refractivity contribution is -0.152. The number of carbonyl (C=O) groups excluding carboxylic acids is 3. The highest BCUT2D eigenvalue weighted by Gasteiger charge is 2.38. The zero-order chi connectivity index (χ0) is 32.8. The van der Waals surface area contributed by atoms with Gasteiger partial charge in [0.1, 0.15) is 23.3 Å². The standard InChI is InChI=1S/C32H44N2O8S/c1-11-13-22-14-12-15-23(16-22)20-32(8,33-29(37)42-31(5,6)7)28(36)40-21-24-17-25(27(35)41-30(2,3)4)19-26(18-24)34(9)43(10,38)39/h11-12,14-19H,1,13,20-21H2,2-10H3,(H,33,37)/t32-/m0/s1. The number of sulfonamides is 1. The Morgan fingerprint density at radius 1 is 0.907 bits per heavy atom. The first kappa shape index (κ1) is 35.3. The number of hydrogen-bond acceptors (Lipinski definition) is 8. The number of ether oxygens (including phenoxy) is 3. The molecule has 2 aromatic rings. The summed E-state index contributed by atoms with van der Waals surface area (Å²) in [7, 11) is -2.32. The van der Waals surface area contributed by atoms with Gasteiger partial charge in [0, 0.05) is 13.5 Å². The predicted molar refractivity (Wildman–Crippen MR) is 166 cm³/mol. The van der Waals surface area contributed by atoms with E-state index in [4.69, 9.17) is 14.2 Å². The molecular formula is C32H44N2O8S. The van der Waals surface area contributed by atoms with Crippen molar-refractivity contribution >= 4 is 33.7 Å². The second-order valence-corrected chi connectivity index (χ2v) is 14.7. The van der Waals surface area contributed by atoms with Gasteiger partial charge in [-0.15, -0.1) is 6.58 Å². The van der Waals surface area contributed by atoms with Crippen LogP contribution in [0.15, 0.2) is 55.1 Å². The Morgan fingerprint density at radius 3 is 2.07 bits per heavy atom. The van der Waals surface area contributed by atoms with E-state index in [1.54, 1.807) is 54.5 Å². The van der Waals surface area contributed by atoms with Gasteiger partial charge in [0.25, 0.3) is 0 Å². The Labute approximate surface area is 255 Å². The van der Waals surface area contributed by atoms with Crippen molar-refractivity contribution in [2.75, 3.05) is 17.6 Å². The minimum absolute atomic E-state index is 0.0858. The van der Waals surface area contributed by atoms with Crippen LogP contribution < -0.4 is 9.62 Å². The first-order valence-electron chi connectivity index (χ1n) is 13.8. The maximum Gasteiger partial charge on any atom is 0.408 e. The Balaban J connectivity index is 2.44. The van der Waals surface area contributed by atoms with E-state index in [0.29, 0.717) is 12.0 Å². The summed E-state index contributed by atoms with van der Waals surface area (Å²) in [6, 6.07) is 11.9. The molecular weight excluding hydrogens is 572 g/mol. The number of nitrogens with one attached hydrogen (secondary N) is 1. The zero-order valence-electron chi connectivity index (χ0n) is 26.6. The fourth-order valence-electron chi connectivity index (χ4n) is 4.03. The average molecular weight is 617 g/mol.